The molecular formula is C27H21FN6OS. The summed E-state index contributed by atoms with van der Waals surface area (Å²) in [7, 11) is 0. The molecule has 6 rings (SSSR count). The van der Waals surface area contributed by atoms with Gasteiger partial charge in [-0.25, -0.2) is 4.98 Å². The lowest BCUT2D eigenvalue weighted by molar-refractivity contribution is -0.115. The van der Waals surface area contributed by atoms with Gasteiger partial charge in [-0.3, -0.25) is 14.9 Å². The third-order valence-electron chi connectivity index (χ3n) is 6.04. The minimum absolute atomic E-state index is 0.0249. The van der Waals surface area contributed by atoms with Gasteiger partial charge in [0.2, 0.25) is 5.91 Å². The molecule has 0 aliphatic heterocycles. The average molecular weight is 497 g/mol. The lowest BCUT2D eigenvalue weighted by Crippen LogP contribution is -2.09. The van der Waals surface area contributed by atoms with Crippen LogP contribution in [0.2, 0.25) is 0 Å². The highest BCUT2D eigenvalue weighted by molar-refractivity contribution is 7.14. The number of aromatic nitrogens is 5. The highest BCUT2D eigenvalue weighted by Gasteiger charge is 2.17. The summed E-state index contributed by atoms with van der Waals surface area (Å²) < 4.78 is 13.7. The van der Waals surface area contributed by atoms with Crippen molar-refractivity contribution in [3.05, 3.63) is 71.6 Å². The second kappa shape index (κ2) is 8.69. The summed E-state index contributed by atoms with van der Waals surface area (Å²) in [6.07, 6.45) is 3.83. The Morgan fingerprint density at radius 2 is 1.94 bits per heavy atom. The Morgan fingerprint density at radius 3 is 2.75 bits per heavy atom. The van der Waals surface area contributed by atoms with Crippen molar-refractivity contribution < 1.29 is 9.18 Å². The third-order valence-corrected chi connectivity index (χ3v) is 6.94. The first-order valence-electron chi connectivity index (χ1n) is 11.5. The van der Waals surface area contributed by atoms with Gasteiger partial charge >= 0.3 is 0 Å². The number of benzene rings is 2. The molecule has 0 fully saturated rings. The number of nitrogens with one attached hydrogen (secondary N) is 3. The van der Waals surface area contributed by atoms with Crippen LogP contribution < -0.4 is 5.32 Å². The van der Waals surface area contributed by atoms with Gasteiger partial charge in [0.05, 0.1) is 17.2 Å². The molecule has 0 aliphatic carbocycles. The van der Waals surface area contributed by atoms with Gasteiger partial charge in [-0.2, -0.15) is 9.49 Å². The number of pyridine rings is 1. The Kier molecular flexibility index (Phi) is 5.34. The van der Waals surface area contributed by atoms with Crippen LogP contribution in [0.5, 0.6) is 0 Å². The maximum Gasteiger partial charge on any atom is 0.224 e. The second-order valence-electron chi connectivity index (χ2n) is 8.59. The minimum atomic E-state index is -0.253. The van der Waals surface area contributed by atoms with Gasteiger partial charge in [0, 0.05) is 34.1 Å². The Bertz CT molecular complexity index is 1770. The van der Waals surface area contributed by atoms with Crippen molar-refractivity contribution in [2.75, 3.05) is 5.32 Å². The van der Waals surface area contributed by atoms with Crippen LogP contribution in [0.4, 0.5) is 10.1 Å². The number of fused-ring (bicyclic) bond motifs is 2. The molecule has 0 radical (unpaired) electrons. The molecule has 0 aliphatic rings. The summed E-state index contributed by atoms with van der Waals surface area (Å²) in [5, 5.41) is 11.2. The quantitative estimate of drug-likeness (QED) is 0.247. The molecule has 3 N–H and O–H groups in total. The van der Waals surface area contributed by atoms with Crippen molar-refractivity contribution in [3.8, 4) is 33.1 Å². The summed E-state index contributed by atoms with van der Waals surface area (Å²) in [4.78, 5) is 25.1. The molecule has 36 heavy (non-hydrogen) atoms. The molecule has 1 amide bonds. The minimum Gasteiger partial charge on any atom is -0.335 e. The van der Waals surface area contributed by atoms with Gasteiger partial charge in [0.1, 0.15) is 11.2 Å². The van der Waals surface area contributed by atoms with Crippen molar-refractivity contribution in [2.24, 2.45) is 0 Å². The van der Waals surface area contributed by atoms with E-state index in [1.807, 2.05) is 38.1 Å². The molecule has 0 saturated carbocycles. The Balaban J connectivity index is 1.44. The SMILES string of the molecule is CCC(=O)Nc1cc(C)cc(-c2ccc3[nH]nc(-c4nc5c(-c6ccc(F)s6)cncc5[nH]4)c3c2)c1. The summed E-state index contributed by atoms with van der Waals surface area (Å²) in [5.41, 5.74) is 7.59. The van der Waals surface area contributed by atoms with Crippen LogP contribution in [-0.2, 0) is 4.79 Å². The molecule has 0 saturated heterocycles. The number of carbonyl (C=O) groups excluding carboxylic acids is 1. The zero-order valence-electron chi connectivity index (χ0n) is 19.5. The van der Waals surface area contributed by atoms with Crippen LogP contribution >= 0.6 is 11.3 Å². The second-order valence-corrected chi connectivity index (χ2v) is 9.63. The smallest absolute Gasteiger partial charge is 0.224 e. The molecular weight excluding hydrogens is 475 g/mol. The zero-order chi connectivity index (χ0) is 24.8. The molecule has 0 spiro atoms. The van der Waals surface area contributed by atoms with E-state index in [1.54, 1.807) is 18.5 Å². The number of carbonyl (C=O) groups is 1. The molecule has 178 valence electrons. The molecule has 4 aromatic heterocycles. The maximum absolute atomic E-state index is 13.7. The number of anilines is 1. The fourth-order valence-corrected chi connectivity index (χ4v) is 5.07. The number of H-pyrrole nitrogens is 2. The molecule has 0 bridgehead atoms. The molecule has 9 heteroatoms. The van der Waals surface area contributed by atoms with Crippen LogP contribution in [-0.4, -0.2) is 31.1 Å². The van der Waals surface area contributed by atoms with E-state index in [9.17, 15) is 9.18 Å². The predicted octanol–water partition coefficient (Wildman–Crippen LogP) is 6.69. The zero-order valence-corrected chi connectivity index (χ0v) is 20.3. The predicted molar refractivity (Wildman–Crippen MR) is 141 cm³/mol. The van der Waals surface area contributed by atoms with E-state index in [1.165, 1.54) is 6.07 Å². The van der Waals surface area contributed by atoms with Crippen molar-refractivity contribution in [1.82, 2.24) is 25.1 Å². The van der Waals surface area contributed by atoms with E-state index in [-0.39, 0.29) is 11.0 Å². The van der Waals surface area contributed by atoms with Crippen molar-refractivity contribution in [1.29, 1.82) is 0 Å². The van der Waals surface area contributed by atoms with Crippen LogP contribution in [0, 0.1) is 12.1 Å². The van der Waals surface area contributed by atoms with Crippen LogP contribution in [0.25, 0.3) is 55.0 Å². The monoisotopic (exact) mass is 496 g/mol. The van der Waals surface area contributed by atoms with E-state index in [0.29, 0.717) is 23.5 Å². The molecule has 7 nitrogen and oxygen atoms in total. The third kappa shape index (κ3) is 3.93. The van der Waals surface area contributed by atoms with Gasteiger partial charge in [-0.15, -0.1) is 11.3 Å². The fourth-order valence-electron chi connectivity index (χ4n) is 4.33. The summed E-state index contributed by atoms with van der Waals surface area (Å²) in [6.45, 7) is 3.84. The number of aromatic amines is 2. The van der Waals surface area contributed by atoms with Gasteiger partial charge in [-0.1, -0.05) is 19.1 Å². The normalized spacial score (nSPS) is 11.4. The number of thiophene rings is 1. The summed E-state index contributed by atoms with van der Waals surface area (Å²) in [5.74, 6) is 0.572. The number of halogens is 1. The number of aryl methyl sites for hydroxylation is 1. The number of imidazole rings is 1. The topological polar surface area (TPSA) is 99.3 Å². The average Bonchev–Trinajstić information content (AvgIpc) is 3.60. The molecule has 2 aromatic carbocycles. The Hall–Kier alpha value is -4.37. The summed E-state index contributed by atoms with van der Waals surface area (Å²) >= 11 is 1.06. The Labute approximate surface area is 209 Å². The largest absolute Gasteiger partial charge is 0.335 e. The highest BCUT2D eigenvalue weighted by atomic mass is 32.1. The number of hydrogen-bond acceptors (Lipinski definition) is 5. The van der Waals surface area contributed by atoms with E-state index in [2.05, 4.69) is 37.6 Å². The lowest BCUT2D eigenvalue weighted by Gasteiger charge is -2.09. The first-order chi connectivity index (χ1) is 17.5. The molecule has 0 atom stereocenters. The van der Waals surface area contributed by atoms with Crippen molar-refractivity contribution in [3.63, 3.8) is 0 Å². The molecule has 6 aromatic rings. The van der Waals surface area contributed by atoms with Crippen LogP contribution in [0.1, 0.15) is 18.9 Å². The van der Waals surface area contributed by atoms with Gasteiger partial charge in [0.25, 0.3) is 0 Å². The van der Waals surface area contributed by atoms with Gasteiger partial charge in [-0.05, 0) is 60.0 Å². The lowest BCUT2D eigenvalue weighted by atomic mass is 10.0. The maximum atomic E-state index is 13.7. The first kappa shape index (κ1) is 22.1. The molecule has 0 unspecified atom stereocenters. The first-order valence-corrected chi connectivity index (χ1v) is 12.3. The van der Waals surface area contributed by atoms with Crippen LogP contribution in [0.3, 0.4) is 0 Å². The number of rotatable bonds is 5. The number of amides is 1. The van der Waals surface area contributed by atoms with Crippen molar-refractivity contribution in [2.45, 2.75) is 20.3 Å². The molecule has 4 heterocycles. The fraction of sp³-hybridized carbons (Fsp3) is 0.111. The van der Waals surface area contributed by atoms with Crippen molar-refractivity contribution >= 4 is 44.9 Å². The standard InChI is InChI=1S/C27H21FN6OS/c1-3-24(35)30-17-9-14(2)8-16(10-17)15-4-5-20-18(11-15)26(34-33-20)27-31-21-13-29-12-19(25(21)32-27)22-6-7-23(28)36-22/h4-13H,3H2,1-2H3,(H,30,35)(H,31,32)(H,33,34). The summed E-state index contributed by atoms with van der Waals surface area (Å²) in [6, 6.07) is 15.3. The van der Waals surface area contributed by atoms with Gasteiger partial charge in [0.15, 0.2) is 11.0 Å². The van der Waals surface area contributed by atoms with Crippen LogP contribution in [0.15, 0.2) is 60.9 Å². The van der Waals surface area contributed by atoms with E-state index in [4.69, 9.17) is 4.98 Å². The number of hydrogen-bond donors (Lipinski definition) is 3. The number of nitrogens with zero attached hydrogens (tertiary/aromatic N) is 3. The van der Waals surface area contributed by atoms with E-state index in [0.717, 1.165) is 60.6 Å². The van der Waals surface area contributed by atoms with E-state index < -0.39 is 0 Å². The van der Waals surface area contributed by atoms with E-state index >= 15 is 0 Å². The highest BCUT2D eigenvalue weighted by Crippen LogP contribution is 2.35. The Morgan fingerprint density at radius 1 is 1.06 bits per heavy atom. The van der Waals surface area contributed by atoms with Gasteiger partial charge < -0.3 is 10.3 Å².